The number of halogens is 6. The normalized spacial score (nSPS) is 25.1. The van der Waals surface area contributed by atoms with E-state index in [-0.39, 0.29) is 11.5 Å². The van der Waals surface area contributed by atoms with E-state index in [1.807, 2.05) is 0 Å². The summed E-state index contributed by atoms with van der Waals surface area (Å²) in [4.78, 5) is 0. The van der Waals surface area contributed by atoms with Gasteiger partial charge in [-0.15, -0.1) is 13.2 Å². The summed E-state index contributed by atoms with van der Waals surface area (Å²) in [5.74, 6) is -1.92. The smallest absolute Gasteiger partial charge is 0.403 e. The fourth-order valence-electron chi connectivity index (χ4n) is 6.01. The van der Waals surface area contributed by atoms with Gasteiger partial charge in [0.05, 0.1) is 5.56 Å². The summed E-state index contributed by atoms with van der Waals surface area (Å²) in [6, 6.07) is 5.00. The molecule has 34 heavy (non-hydrogen) atoms. The van der Waals surface area contributed by atoms with Crippen LogP contribution in [0.2, 0.25) is 0 Å². The van der Waals surface area contributed by atoms with Crippen LogP contribution in [0.3, 0.4) is 0 Å². The maximum atomic E-state index is 15.0. The van der Waals surface area contributed by atoms with Gasteiger partial charge < -0.3 is 4.74 Å². The van der Waals surface area contributed by atoms with E-state index in [1.165, 1.54) is 50.7 Å². The molecule has 0 spiro atoms. The summed E-state index contributed by atoms with van der Waals surface area (Å²) in [6.07, 6.45) is 5.26. The maximum Gasteiger partial charge on any atom is 0.573 e. The van der Waals surface area contributed by atoms with Crippen molar-refractivity contribution in [2.75, 3.05) is 0 Å². The Bertz CT molecular complexity index is 978. The van der Waals surface area contributed by atoms with Gasteiger partial charge in [0, 0.05) is 0 Å². The Kier molecular flexibility index (Phi) is 7.48. The van der Waals surface area contributed by atoms with Gasteiger partial charge in [-0.05, 0) is 91.2 Å². The van der Waals surface area contributed by atoms with Crippen LogP contribution in [-0.4, -0.2) is 6.36 Å². The molecule has 4 unspecified atom stereocenters. The molecule has 0 radical (unpaired) electrons. The number of alkyl halides is 3. The number of unbranched alkanes of at least 4 members (excludes halogenated alkanes) is 1. The second-order valence-electron chi connectivity index (χ2n) is 9.90. The van der Waals surface area contributed by atoms with Crippen LogP contribution in [0.1, 0.15) is 76.2 Å². The highest BCUT2D eigenvalue weighted by atomic mass is 19.4. The highest BCUT2D eigenvalue weighted by Crippen LogP contribution is 2.49. The van der Waals surface area contributed by atoms with Gasteiger partial charge in [0.2, 0.25) is 0 Å². The van der Waals surface area contributed by atoms with Crippen LogP contribution in [0.15, 0.2) is 30.3 Å². The van der Waals surface area contributed by atoms with Gasteiger partial charge in [0.1, 0.15) is 11.6 Å². The lowest BCUT2D eigenvalue weighted by Gasteiger charge is -2.42. The van der Waals surface area contributed by atoms with Crippen molar-refractivity contribution in [2.24, 2.45) is 17.8 Å². The van der Waals surface area contributed by atoms with E-state index in [1.54, 1.807) is 0 Å². The molecule has 0 aromatic heterocycles. The van der Waals surface area contributed by atoms with E-state index in [0.29, 0.717) is 23.5 Å². The van der Waals surface area contributed by atoms with Crippen LogP contribution in [-0.2, 0) is 0 Å². The van der Waals surface area contributed by atoms with Crippen molar-refractivity contribution in [1.82, 2.24) is 0 Å². The predicted molar refractivity (Wildman–Crippen MR) is 119 cm³/mol. The van der Waals surface area contributed by atoms with E-state index in [2.05, 4.69) is 11.7 Å². The second-order valence-corrected chi connectivity index (χ2v) is 9.90. The SMILES string of the molecule is CCCCC1CCC2CC(c3cc(F)c(-c4ccc(OC(F)(F)F)c(F)c4)c(F)c3)CCC2C1. The summed E-state index contributed by atoms with van der Waals surface area (Å²) in [5.41, 5.74) is -0.0307. The fourth-order valence-corrected chi connectivity index (χ4v) is 6.01. The zero-order chi connectivity index (χ0) is 24.5. The van der Waals surface area contributed by atoms with Crippen LogP contribution in [0.5, 0.6) is 5.75 Å². The first-order valence-corrected chi connectivity index (χ1v) is 12.2. The molecule has 4 rings (SSSR count). The molecule has 0 heterocycles. The number of hydrogen-bond acceptors (Lipinski definition) is 1. The van der Waals surface area contributed by atoms with Gasteiger partial charge in [0.15, 0.2) is 11.6 Å². The standard InChI is InChI=1S/C27H30F6O/c1-2-3-4-16-5-6-18-12-19(8-7-17(18)11-16)21-14-23(29)26(24(30)15-21)20-9-10-25(22(28)13-20)34-27(31,32)33/h9-10,13-19H,2-8,11-12H2,1H3. The minimum absolute atomic E-state index is 0.0748. The average molecular weight is 485 g/mol. The minimum atomic E-state index is -5.06. The number of ether oxygens (including phenoxy) is 1. The van der Waals surface area contributed by atoms with Gasteiger partial charge in [-0.1, -0.05) is 38.7 Å². The molecule has 0 bridgehead atoms. The first kappa shape index (κ1) is 24.9. The molecule has 2 aliphatic carbocycles. The van der Waals surface area contributed by atoms with Crippen LogP contribution in [0.25, 0.3) is 11.1 Å². The number of rotatable bonds is 6. The van der Waals surface area contributed by atoms with Gasteiger partial charge >= 0.3 is 6.36 Å². The van der Waals surface area contributed by atoms with Crippen molar-refractivity contribution >= 4 is 0 Å². The van der Waals surface area contributed by atoms with E-state index >= 15 is 0 Å². The van der Waals surface area contributed by atoms with Crippen molar-refractivity contribution in [2.45, 2.75) is 77.0 Å². The van der Waals surface area contributed by atoms with Crippen molar-refractivity contribution in [3.63, 3.8) is 0 Å². The third-order valence-electron chi connectivity index (χ3n) is 7.67. The number of benzene rings is 2. The zero-order valence-electron chi connectivity index (χ0n) is 19.2. The van der Waals surface area contributed by atoms with Gasteiger partial charge in [-0.2, -0.15) is 0 Å². The third-order valence-corrected chi connectivity index (χ3v) is 7.67. The van der Waals surface area contributed by atoms with Crippen LogP contribution in [0.4, 0.5) is 26.3 Å². The average Bonchev–Trinajstić information content (AvgIpc) is 2.77. The highest BCUT2D eigenvalue weighted by molar-refractivity contribution is 5.66. The lowest BCUT2D eigenvalue weighted by atomic mass is 9.63. The third kappa shape index (κ3) is 5.72. The van der Waals surface area contributed by atoms with E-state index in [9.17, 15) is 26.3 Å². The first-order chi connectivity index (χ1) is 16.1. The molecule has 0 aliphatic heterocycles. The Morgan fingerprint density at radius 3 is 2.18 bits per heavy atom. The van der Waals surface area contributed by atoms with Crippen LogP contribution >= 0.6 is 0 Å². The second kappa shape index (κ2) is 10.2. The molecule has 1 nitrogen and oxygen atoms in total. The summed E-state index contributed by atoms with van der Waals surface area (Å²) in [6.45, 7) is 2.22. The summed E-state index contributed by atoms with van der Waals surface area (Å²) in [7, 11) is 0. The Labute approximate surface area is 196 Å². The molecule has 0 saturated heterocycles. The lowest BCUT2D eigenvalue weighted by Crippen LogP contribution is -2.30. The van der Waals surface area contributed by atoms with Gasteiger partial charge in [-0.25, -0.2) is 13.2 Å². The summed E-state index contributed by atoms with van der Waals surface area (Å²) in [5, 5.41) is 0. The molecule has 2 fully saturated rings. The number of hydrogen-bond donors (Lipinski definition) is 0. The Balaban J connectivity index is 1.48. The molecule has 2 saturated carbocycles. The van der Waals surface area contributed by atoms with Crippen molar-refractivity contribution in [3.8, 4) is 16.9 Å². The molecule has 0 amide bonds. The van der Waals surface area contributed by atoms with E-state index < -0.39 is 35.1 Å². The van der Waals surface area contributed by atoms with E-state index in [4.69, 9.17) is 0 Å². The van der Waals surface area contributed by atoms with Gasteiger partial charge in [-0.3, -0.25) is 0 Å². The summed E-state index contributed by atoms with van der Waals surface area (Å²) < 4.78 is 84.7. The molecular weight excluding hydrogens is 454 g/mol. The molecule has 2 aromatic carbocycles. The fraction of sp³-hybridized carbons (Fsp3) is 0.556. The quantitative estimate of drug-likeness (QED) is 0.372. The van der Waals surface area contributed by atoms with Crippen LogP contribution in [0, 0.1) is 35.2 Å². The molecule has 7 heteroatoms. The van der Waals surface area contributed by atoms with Crippen molar-refractivity contribution < 1.29 is 31.1 Å². The van der Waals surface area contributed by atoms with Crippen molar-refractivity contribution in [3.05, 3.63) is 53.3 Å². The predicted octanol–water partition coefficient (Wildman–Crippen LogP) is 9.16. The Morgan fingerprint density at radius 1 is 0.853 bits per heavy atom. The molecule has 2 aromatic rings. The molecule has 2 aliphatic rings. The monoisotopic (exact) mass is 484 g/mol. The van der Waals surface area contributed by atoms with Crippen LogP contribution < -0.4 is 4.74 Å². The molecular formula is C27H30F6O. The van der Waals surface area contributed by atoms with Gasteiger partial charge in [0.25, 0.3) is 0 Å². The van der Waals surface area contributed by atoms with Crippen molar-refractivity contribution in [1.29, 1.82) is 0 Å². The highest BCUT2D eigenvalue weighted by Gasteiger charge is 2.36. The maximum absolute atomic E-state index is 15.0. The molecule has 4 atom stereocenters. The summed E-state index contributed by atoms with van der Waals surface area (Å²) >= 11 is 0. The Hall–Kier alpha value is -2.18. The number of fused-ring (bicyclic) bond motifs is 1. The first-order valence-electron chi connectivity index (χ1n) is 12.2. The topological polar surface area (TPSA) is 9.23 Å². The van der Waals surface area contributed by atoms with E-state index in [0.717, 1.165) is 37.3 Å². The molecule has 186 valence electrons. The Morgan fingerprint density at radius 2 is 1.53 bits per heavy atom. The minimum Gasteiger partial charge on any atom is -0.403 e. The zero-order valence-corrected chi connectivity index (χ0v) is 19.2. The largest absolute Gasteiger partial charge is 0.573 e. The lowest BCUT2D eigenvalue weighted by molar-refractivity contribution is -0.275. The molecule has 0 N–H and O–H groups in total.